The van der Waals surface area contributed by atoms with E-state index in [1.165, 1.54) is 17.2 Å². The molecular weight excluding hydrogens is 465 g/mol. The van der Waals surface area contributed by atoms with Crippen LogP contribution < -0.4 is 10.2 Å². The normalized spacial score (nSPS) is 16.0. The summed E-state index contributed by atoms with van der Waals surface area (Å²) < 4.78 is 15.3. The van der Waals surface area contributed by atoms with E-state index in [-0.39, 0.29) is 16.8 Å². The number of aromatic nitrogens is 3. The van der Waals surface area contributed by atoms with E-state index in [4.69, 9.17) is 16.7 Å². The molecule has 0 bridgehead atoms. The van der Waals surface area contributed by atoms with Gasteiger partial charge in [-0.05, 0) is 67.6 Å². The maximum absolute atomic E-state index is 13.4. The van der Waals surface area contributed by atoms with E-state index in [1.54, 1.807) is 18.3 Å². The molecule has 1 amide bonds. The Labute approximate surface area is 208 Å². The molecular formula is C27H27ClFN5O. The summed E-state index contributed by atoms with van der Waals surface area (Å²) in [6.45, 7) is 5.92. The number of halogens is 2. The summed E-state index contributed by atoms with van der Waals surface area (Å²) >= 11 is 5.86. The van der Waals surface area contributed by atoms with Gasteiger partial charge < -0.3 is 10.2 Å². The highest BCUT2D eigenvalue weighted by molar-refractivity contribution is 6.30. The Balaban J connectivity index is 1.33. The fraction of sp³-hybridized carbons (Fsp3) is 0.296. The van der Waals surface area contributed by atoms with Crippen LogP contribution in [0.25, 0.3) is 16.8 Å². The minimum absolute atomic E-state index is 0.0218. The number of aryl methyl sites for hydroxylation is 2. The maximum atomic E-state index is 13.4. The Kier molecular flexibility index (Phi) is 6.43. The summed E-state index contributed by atoms with van der Waals surface area (Å²) in [5.74, 6) is 0.181. The lowest BCUT2D eigenvalue weighted by Crippen LogP contribution is -2.43. The van der Waals surface area contributed by atoms with E-state index in [0.29, 0.717) is 13.1 Å². The number of hydrogen-bond acceptors (Lipinski definition) is 4. The lowest BCUT2D eigenvalue weighted by atomic mass is 9.97. The fourth-order valence-electron chi connectivity index (χ4n) is 4.56. The number of hydrogen-bond donors (Lipinski definition) is 1. The van der Waals surface area contributed by atoms with Gasteiger partial charge in [0, 0.05) is 37.6 Å². The molecule has 35 heavy (non-hydrogen) atoms. The smallest absolute Gasteiger partial charge is 0.225 e. The van der Waals surface area contributed by atoms with E-state index >= 15 is 0 Å². The van der Waals surface area contributed by atoms with Gasteiger partial charge in [-0.25, -0.2) is 13.9 Å². The molecule has 8 heteroatoms. The van der Waals surface area contributed by atoms with Crippen molar-refractivity contribution < 1.29 is 9.18 Å². The van der Waals surface area contributed by atoms with Crippen LogP contribution in [0.1, 0.15) is 29.5 Å². The van der Waals surface area contributed by atoms with Crippen LogP contribution in [0.4, 0.5) is 10.2 Å². The van der Waals surface area contributed by atoms with Crippen molar-refractivity contribution in [2.24, 2.45) is 5.92 Å². The Bertz CT molecular complexity index is 1400. The van der Waals surface area contributed by atoms with Crippen molar-refractivity contribution in [1.29, 1.82) is 0 Å². The SMILES string of the molecule is Cc1ccc(-c2cc3c(N4CCC[C@@H](C(=O)NCc5ccc(F)c(Cl)c5)C4)nccn3n2)cc1C. The topological polar surface area (TPSA) is 62.5 Å². The average Bonchev–Trinajstić information content (AvgIpc) is 3.31. The Morgan fingerprint density at radius 3 is 2.83 bits per heavy atom. The zero-order valence-corrected chi connectivity index (χ0v) is 20.5. The molecule has 4 aromatic rings. The van der Waals surface area contributed by atoms with Gasteiger partial charge >= 0.3 is 0 Å². The second-order valence-corrected chi connectivity index (χ2v) is 9.57. The van der Waals surface area contributed by atoms with Crippen molar-refractivity contribution in [3.63, 3.8) is 0 Å². The summed E-state index contributed by atoms with van der Waals surface area (Å²) in [4.78, 5) is 19.8. The molecule has 0 spiro atoms. The summed E-state index contributed by atoms with van der Waals surface area (Å²) in [5, 5.41) is 7.80. The van der Waals surface area contributed by atoms with Crippen LogP contribution in [0.3, 0.4) is 0 Å². The second kappa shape index (κ2) is 9.66. The molecule has 0 saturated carbocycles. The van der Waals surface area contributed by atoms with Gasteiger partial charge in [0.15, 0.2) is 5.82 Å². The van der Waals surface area contributed by atoms with E-state index < -0.39 is 5.82 Å². The van der Waals surface area contributed by atoms with E-state index in [2.05, 4.69) is 53.3 Å². The first-order valence-electron chi connectivity index (χ1n) is 11.8. The molecule has 180 valence electrons. The van der Waals surface area contributed by atoms with E-state index in [9.17, 15) is 9.18 Å². The number of anilines is 1. The summed E-state index contributed by atoms with van der Waals surface area (Å²) in [7, 11) is 0. The predicted molar refractivity (Wildman–Crippen MR) is 136 cm³/mol. The molecule has 0 aliphatic carbocycles. The van der Waals surface area contributed by atoms with Gasteiger partial charge in [0.25, 0.3) is 0 Å². The molecule has 1 saturated heterocycles. The highest BCUT2D eigenvalue weighted by Crippen LogP contribution is 2.29. The number of amides is 1. The van der Waals surface area contributed by atoms with Gasteiger partial charge in [0.1, 0.15) is 11.3 Å². The molecule has 6 nitrogen and oxygen atoms in total. The molecule has 2 aromatic carbocycles. The van der Waals surface area contributed by atoms with Crippen LogP contribution in [0.15, 0.2) is 54.9 Å². The second-order valence-electron chi connectivity index (χ2n) is 9.16. The van der Waals surface area contributed by atoms with Gasteiger partial charge in [0.05, 0.1) is 16.6 Å². The third-order valence-electron chi connectivity index (χ3n) is 6.71. The van der Waals surface area contributed by atoms with Gasteiger partial charge in [-0.3, -0.25) is 4.79 Å². The molecule has 5 rings (SSSR count). The van der Waals surface area contributed by atoms with E-state index in [1.807, 2.05) is 10.7 Å². The van der Waals surface area contributed by atoms with Crippen LogP contribution in [-0.4, -0.2) is 33.6 Å². The highest BCUT2D eigenvalue weighted by Gasteiger charge is 2.28. The van der Waals surface area contributed by atoms with Crippen molar-refractivity contribution in [3.05, 3.63) is 82.4 Å². The number of rotatable bonds is 5. The van der Waals surface area contributed by atoms with Crippen molar-refractivity contribution in [2.75, 3.05) is 18.0 Å². The number of carbonyl (C=O) groups excluding carboxylic acids is 1. The first-order chi connectivity index (χ1) is 16.9. The molecule has 2 aromatic heterocycles. The van der Waals surface area contributed by atoms with Crippen molar-refractivity contribution in [1.82, 2.24) is 19.9 Å². The van der Waals surface area contributed by atoms with Crippen LogP contribution in [0.2, 0.25) is 5.02 Å². The molecule has 1 aliphatic rings. The van der Waals surface area contributed by atoms with Crippen LogP contribution in [0, 0.1) is 25.6 Å². The molecule has 3 heterocycles. The lowest BCUT2D eigenvalue weighted by Gasteiger charge is -2.33. The van der Waals surface area contributed by atoms with Crippen LogP contribution in [-0.2, 0) is 11.3 Å². The Morgan fingerprint density at radius 2 is 2.03 bits per heavy atom. The monoisotopic (exact) mass is 491 g/mol. The number of piperidine rings is 1. The Morgan fingerprint density at radius 1 is 1.17 bits per heavy atom. The summed E-state index contributed by atoms with van der Waals surface area (Å²) in [6.07, 6.45) is 5.30. The minimum Gasteiger partial charge on any atom is -0.354 e. The number of benzene rings is 2. The first kappa shape index (κ1) is 23.3. The molecule has 1 fully saturated rings. The average molecular weight is 492 g/mol. The molecule has 0 radical (unpaired) electrons. The highest BCUT2D eigenvalue weighted by atomic mass is 35.5. The van der Waals surface area contributed by atoms with Gasteiger partial charge in [0.2, 0.25) is 5.91 Å². The molecule has 1 aliphatic heterocycles. The minimum atomic E-state index is -0.466. The third kappa shape index (κ3) is 4.86. The van der Waals surface area contributed by atoms with E-state index in [0.717, 1.165) is 47.5 Å². The number of carbonyl (C=O) groups is 1. The van der Waals surface area contributed by atoms with Crippen molar-refractivity contribution in [2.45, 2.75) is 33.2 Å². The van der Waals surface area contributed by atoms with Crippen molar-refractivity contribution >= 4 is 28.8 Å². The molecule has 1 atom stereocenters. The van der Waals surface area contributed by atoms with Gasteiger partial charge in [-0.1, -0.05) is 29.8 Å². The third-order valence-corrected chi connectivity index (χ3v) is 7.00. The standard InChI is InChI=1S/C27H27ClFN5O/c1-17-5-7-20(12-18(17)2)24-14-25-26(30-9-11-34(25)32-24)33-10-3-4-21(16-33)27(35)31-15-19-6-8-23(29)22(28)13-19/h5-9,11-14,21H,3-4,10,15-16H2,1-2H3,(H,31,35)/t21-/m1/s1. The van der Waals surface area contributed by atoms with Gasteiger partial charge in [-0.15, -0.1) is 0 Å². The van der Waals surface area contributed by atoms with Crippen molar-refractivity contribution in [3.8, 4) is 11.3 Å². The lowest BCUT2D eigenvalue weighted by molar-refractivity contribution is -0.125. The maximum Gasteiger partial charge on any atom is 0.225 e. The summed E-state index contributed by atoms with van der Waals surface area (Å²) in [5.41, 5.74) is 6.13. The zero-order chi connectivity index (χ0) is 24.5. The summed E-state index contributed by atoms with van der Waals surface area (Å²) in [6, 6.07) is 12.9. The number of fused-ring (bicyclic) bond motifs is 1. The quantitative estimate of drug-likeness (QED) is 0.409. The zero-order valence-electron chi connectivity index (χ0n) is 19.8. The fourth-order valence-corrected chi connectivity index (χ4v) is 4.76. The first-order valence-corrected chi connectivity index (χ1v) is 12.2. The number of nitrogens with zero attached hydrogens (tertiary/aromatic N) is 4. The largest absolute Gasteiger partial charge is 0.354 e. The molecule has 1 N–H and O–H groups in total. The Hall–Kier alpha value is -3.45. The van der Waals surface area contributed by atoms with Crippen LogP contribution >= 0.6 is 11.6 Å². The predicted octanol–water partition coefficient (Wildman–Crippen LogP) is 5.34. The number of nitrogens with one attached hydrogen (secondary N) is 1. The molecule has 0 unspecified atom stereocenters. The van der Waals surface area contributed by atoms with Crippen LogP contribution in [0.5, 0.6) is 0 Å². The van der Waals surface area contributed by atoms with Gasteiger partial charge in [-0.2, -0.15) is 5.10 Å².